The quantitative estimate of drug-likeness (QED) is 0.334. The smallest absolute Gasteiger partial charge is 0.116 e. The van der Waals surface area contributed by atoms with Gasteiger partial charge in [-0.05, 0) is 26.0 Å². The Morgan fingerprint density at radius 2 is 0.625 bits per heavy atom. The summed E-state index contributed by atoms with van der Waals surface area (Å²) >= 11 is 0. The van der Waals surface area contributed by atoms with Crippen molar-refractivity contribution in [3.8, 4) is 45.0 Å². The third kappa shape index (κ3) is 4.16. The van der Waals surface area contributed by atoms with E-state index >= 15 is 0 Å². The fourth-order valence-corrected chi connectivity index (χ4v) is 3.61. The summed E-state index contributed by atoms with van der Waals surface area (Å²) in [5.74, 6) is 0. The number of hydrogen-bond donors (Lipinski definition) is 0. The van der Waals surface area contributed by atoms with Crippen molar-refractivity contribution in [1.29, 1.82) is 0 Å². The first-order chi connectivity index (χ1) is 15.7. The minimum Gasteiger partial charge on any atom is -0.236 e. The fourth-order valence-electron chi connectivity index (χ4n) is 3.61. The highest BCUT2D eigenvalue weighted by molar-refractivity contribution is 5.72. The van der Waals surface area contributed by atoms with E-state index in [4.69, 9.17) is 0 Å². The molecule has 0 aliphatic heterocycles. The van der Waals surface area contributed by atoms with Gasteiger partial charge in [-0.3, -0.25) is 0 Å². The molecule has 0 aliphatic rings. The van der Waals surface area contributed by atoms with Gasteiger partial charge >= 0.3 is 0 Å². The molecule has 3 aromatic carbocycles. The highest BCUT2D eigenvalue weighted by atomic mass is 14.8. The number of hydrogen-bond acceptors (Lipinski definition) is 4. The van der Waals surface area contributed by atoms with Gasteiger partial charge in [0, 0.05) is 22.3 Å². The highest BCUT2D eigenvalue weighted by Crippen LogP contribution is 2.27. The minimum absolute atomic E-state index is 0.894. The molecule has 154 valence electrons. The lowest BCUT2D eigenvalue weighted by molar-refractivity contribution is 1.17. The molecule has 0 radical (unpaired) electrons. The first-order valence-electron chi connectivity index (χ1n) is 10.5. The largest absolute Gasteiger partial charge is 0.236 e. The lowest BCUT2D eigenvalue weighted by Gasteiger charge is -2.07. The second kappa shape index (κ2) is 8.52. The Morgan fingerprint density at radius 1 is 0.375 bits per heavy atom. The van der Waals surface area contributed by atoms with E-state index in [0.717, 1.165) is 45.0 Å². The molecule has 0 aliphatic carbocycles. The molecular formula is C28H22N4. The van der Waals surface area contributed by atoms with Crippen LogP contribution in [0.25, 0.3) is 45.0 Å². The molecule has 0 spiro atoms. The summed E-state index contributed by atoms with van der Waals surface area (Å²) < 4.78 is 0. The molecule has 0 atom stereocenters. The first kappa shape index (κ1) is 19.8. The summed E-state index contributed by atoms with van der Waals surface area (Å²) in [4.78, 5) is 17.9. The van der Waals surface area contributed by atoms with Gasteiger partial charge in [-0.15, -0.1) is 0 Å². The normalized spacial score (nSPS) is 10.8. The van der Waals surface area contributed by atoms with E-state index in [1.165, 1.54) is 11.1 Å². The van der Waals surface area contributed by atoms with Crippen LogP contribution < -0.4 is 0 Å². The topological polar surface area (TPSA) is 51.6 Å². The molecule has 5 aromatic rings. The zero-order valence-electron chi connectivity index (χ0n) is 18.0. The van der Waals surface area contributed by atoms with E-state index in [-0.39, 0.29) is 0 Å². The molecule has 0 amide bonds. The van der Waals surface area contributed by atoms with Crippen LogP contribution in [0.4, 0.5) is 0 Å². The zero-order chi connectivity index (χ0) is 21.9. The molecule has 4 nitrogen and oxygen atoms in total. The Labute approximate surface area is 187 Å². The van der Waals surface area contributed by atoms with E-state index in [2.05, 4.69) is 107 Å². The van der Waals surface area contributed by atoms with Crippen molar-refractivity contribution >= 4 is 0 Å². The molecule has 32 heavy (non-hydrogen) atoms. The van der Waals surface area contributed by atoms with Gasteiger partial charge in [0.15, 0.2) is 0 Å². The molecule has 0 N–H and O–H groups in total. The third-order valence-corrected chi connectivity index (χ3v) is 5.51. The minimum atomic E-state index is 0.894. The van der Waals surface area contributed by atoms with Gasteiger partial charge in [-0.1, -0.05) is 83.9 Å². The standard InChI is InChI=1S/C28H22N4/c1-19-3-7-21(8-4-19)25-15-27(31-17-29-25)23-11-13-24(14-12-23)28-16-26(30-18-32-28)22-9-5-20(2)6-10-22/h3-18H,1-2H3. The van der Waals surface area contributed by atoms with Crippen molar-refractivity contribution in [2.75, 3.05) is 0 Å². The Balaban J connectivity index is 1.43. The summed E-state index contributed by atoms with van der Waals surface area (Å²) in [5.41, 5.74) is 10.3. The van der Waals surface area contributed by atoms with Gasteiger partial charge in [0.25, 0.3) is 0 Å². The number of aryl methyl sites for hydroxylation is 2. The average Bonchev–Trinajstić information content (AvgIpc) is 2.85. The predicted octanol–water partition coefficient (Wildman–Crippen LogP) is 6.55. The Bertz CT molecular complexity index is 1250. The van der Waals surface area contributed by atoms with Crippen molar-refractivity contribution < 1.29 is 0 Å². The van der Waals surface area contributed by atoms with Crippen molar-refractivity contribution in [2.24, 2.45) is 0 Å². The van der Waals surface area contributed by atoms with E-state index < -0.39 is 0 Å². The molecular weight excluding hydrogens is 392 g/mol. The molecule has 0 unspecified atom stereocenters. The van der Waals surface area contributed by atoms with Crippen molar-refractivity contribution in [2.45, 2.75) is 13.8 Å². The number of rotatable bonds is 4. The maximum Gasteiger partial charge on any atom is 0.116 e. The van der Waals surface area contributed by atoms with Gasteiger partial charge < -0.3 is 0 Å². The predicted molar refractivity (Wildman–Crippen MR) is 129 cm³/mol. The summed E-state index contributed by atoms with van der Waals surface area (Å²) in [6.07, 6.45) is 3.24. The molecule has 2 heterocycles. The highest BCUT2D eigenvalue weighted by Gasteiger charge is 2.07. The summed E-state index contributed by atoms with van der Waals surface area (Å²) in [5, 5.41) is 0. The lowest BCUT2D eigenvalue weighted by Crippen LogP contribution is -1.91. The third-order valence-electron chi connectivity index (χ3n) is 5.51. The molecule has 4 heteroatoms. The van der Waals surface area contributed by atoms with Gasteiger partial charge in [0.05, 0.1) is 22.8 Å². The van der Waals surface area contributed by atoms with Gasteiger partial charge in [0.1, 0.15) is 12.7 Å². The van der Waals surface area contributed by atoms with Crippen LogP contribution in [-0.2, 0) is 0 Å². The van der Waals surface area contributed by atoms with Crippen molar-refractivity contribution in [3.63, 3.8) is 0 Å². The zero-order valence-corrected chi connectivity index (χ0v) is 18.0. The summed E-state index contributed by atoms with van der Waals surface area (Å²) in [7, 11) is 0. The monoisotopic (exact) mass is 414 g/mol. The SMILES string of the molecule is Cc1ccc(-c2cc(-c3ccc(-c4cc(-c5ccc(C)cc5)ncn4)cc3)ncn2)cc1. The Kier molecular flexibility index (Phi) is 5.26. The molecule has 5 rings (SSSR count). The number of nitrogens with zero attached hydrogens (tertiary/aromatic N) is 4. The lowest BCUT2D eigenvalue weighted by atomic mass is 10.0. The Morgan fingerprint density at radius 3 is 0.906 bits per heavy atom. The second-order valence-electron chi connectivity index (χ2n) is 7.89. The molecule has 0 bridgehead atoms. The molecule has 2 aromatic heterocycles. The second-order valence-corrected chi connectivity index (χ2v) is 7.89. The van der Waals surface area contributed by atoms with Gasteiger partial charge in [-0.25, -0.2) is 19.9 Å². The summed E-state index contributed by atoms with van der Waals surface area (Å²) in [6.45, 7) is 4.16. The molecule has 0 saturated carbocycles. The van der Waals surface area contributed by atoms with Crippen LogP contribution in [0.15, 0.2) is 97.6 Å². The summed E-state index contributed by atoms with van der Waals surface area (Å²) in [6, 6.07) is 29.1. The molecule has 0 fully saturated rings. The van der Waals surface area contributed by atoms with E-state index in [1.807, 2.05) is 12.1 Å². The van der Waals surface area contributed by atoms with Crippen LogP contribution in [0.5, 0.6) is 0 Å². The molecule has 0 saturated heterocycles. The van der Waals surface area contributed by atoms with Gasteiger partial charge in [0.2, 0.25) is 0 Å². The van der Waals surface area contributed by atoms with E-state index in [9.17, 15) is 0 Å². The first-order valence-corrected chi connectivity index (χ1v) is 10.5. The van der Waals surface area contributed by atoms with Crippen molar-refractivity contribution in [1.82, 2.24) is 19.9 Å². The van der Waals surface area contributed by atoms with Gasteiger partial charge in [-0.2, -0.15) is 0 Å². The van der Waals surface area contributed by atoms with Crippen LogP contribution >= 0.6 is 0 Å². The number of aromatic nitrogens is 4. The average molecular weight is 415 g/mol. The van der Waals surface area contributed by atoms with Crippen LogP contribution in [0.3, 0.4) is 0 Å². The van der Waals surface area contributed by atoms with Crippen molar-refractivity contribution in [3.05, 3.63) is 109 Å². The van der Waals surface area contributed by atoms with Crippen LogP contribution in [0, 0.1) is 13.8 Å². The maximum absolute atomic E-state index is 4.48. The van der Waals surface area contributed by atoms with Crippen LogP contribution in [0.2, 0.25) is 0 Å². The van der Waals surface area contributed by atoms with E-state index in [0.29, 0.717) is 0 Å². The number of benzene rings is 3. The Hall–Kier alpha value is -4.18. The van der Waals surface area contributed by atoms with Crippen LogP contribution in [-0.4, -0.2) is 19.9 Å². The maximum atomic E-state index is 4.48. The fraction of sp³-hybridized carbons (Fsp3) is 0.0714. The van der Waals surface area contributed by atoms with E-state index in [1.54, 1.807) is 12.7 Å². The van der Waals surface area contributed by atoms with Crippen LogP contribution in [0.1, 0.15) is 11.1 Å².